The summed E-state index contributed by atoms with van der Waals surface area (Å²) < 4.78 is 5.82. The van der Waals surface area contributed by atoms with E-state index >= 15 is 0 Å². The molecule has 0 amide bonds. The maximum Gasteiger partial charge on any atom is 0.145 e. The Hall–Kier alpha value is -1.65. The highest BCUT2D eigenvalue weighted by Gasteiger charge is 2.24. The maximum atomic E-state index is 9.34. The maximum absolute atomic E-state index is 9.34. The molecule has 2 aromatic rings. The van der Waals surface area contributed by atoms with E-state index in [0.29, 0.717) is 12.6 Å². The molecule has 0 aliphatic heterocycles. The number of rotatable bonds is 6. The quantitative estimate of drug-likeness (QED) is 0.828. The standard InChI is InChI=1S/C15H18N2O2/c18-9-13(17-12-6-7-12)10-19-14-5-1-3-11-4-2-8-16-15(11)14/h1-5,8,12-13,17-18H,6-7,9-10H2. The minimum Gasteiger partial charge on any atom is -0.490 e. The van der Waals surface area contributed by atoms with Gasteiger partial charge in [0, 0.05) is 17.6 Å². The van der Waals surface area contributed by atoms with E-state index in [1.807, 2.05) is 30.3 Å². The number of para-hydroxylation sites is 1. The third-order valence-electron chi connectivity index (χ3n) is 3.30. The molecule has 0 bridgehead atoms. The number of aromatic nitrogens is 1. The lowest BCUT2D eigenvalue weighted by molar-refractivity contribution is 0.183. The highest BCUT2D eigenvalue weighted by molar-refractivity contribution is 5.84. The van der Waals surface area contributed by atoms with Crippen LogP contribution in [-0.2, 0) is 0 Å². The van der Waals surface area contributed by atoms with E-state index in [-0.39, 0.29) is 12.6 Å². The molecule has 4 nitrogen and oxygen atoms in total. The first kappa shape index (κ1) is 12.4. The van der Waals surface area contributed by atoms with Gasteiger partial charge in [-0.3, -0.25) is 4.98 Å². The third kappa shape index (κ3) is 3.03. The molecule has 1 saturated carbocycles. The molecule has 3 rings (SSSR count). The van der Waals surface area contributed by atoms with Crippen LogP contribution in [0.2, 0.25) is 0 Å². The van der Waals surface area contributed by atoms with Gasteiger partial charge in [0.25, 0.3) is 0 Å². The first-order chi connectivity index (χ1) is 9.36. The molecule has 0 spiro atoms. The topological polar surface area (TPSA) is 54.4 Å². The Morgan fingerprint density at radius 3 is 2.95 bits per heavy atom. The van der Waals surface area contributed by atoms with E-state index in [0.717, 1.165) is 16.7 Å². The SMILES string of the molecule is OCC(COc1cccc2cccnc12)NC1CC1. The van der Waals surface area contributed by atoms with Crippen LogP contribution in [0.4, 0.5) is 0 Å². The summed E-state index contributed by atoms with van der Waals surface area (Å²) in [6, 6.07) is 10.4. The van der Waals surface area contributed by atoms with E-state index < -0.39 is 0 Å². The fraction of sp³-hybridized carbons (Fsp3) is 0.400. The molecule has 1 aromatic carbocycles. The number of fused-ring (bicyclic) bond motifs is 1. The summed E-state index contributed by atoms with van der Waals surface area (Å²) in [4.78, 5) is 4.35. The van der Waals surface area contributed by atoms with Gasteiger partial charge in [-0.15, -0.1) is 0 Å². The first-order valence-electron chi connectivity index (χ1n) is 6.70. The van der Waals surface area contributed by atoms with Crippen molar-refractivity contribution in [3.63, 3.8) is 0 Å². The number of benzene rings is 1. The molecule has 100 valence electrons. The Kier molecular flexibility index (Phi) is 3.62. The van der Waals surface area contributed by atoms with Crippen LogP contribution in [0.25, 0.3) is 10.9 Å². The van der Waals surface area contributed by atoms with E-state index in [9.17, 15) is 5.11 Å². The van der Waals surface area contributed by atoms with Gasteiger partial charge >= 0.3 is 0 Å². The summed E-state index contributed by atoms with van der Waals surface area (Å²) in [6.45, 7) is 0.553. The molecular formula is C15H18N2O2. The number of nitrogens with one attached hydrogen (secondary N) is 1. The number of aliphatic hydroxyl groups excluding tert-OH is 1. The minimum absolute atomic E-state index is 0.00790. The Balaban J connectivity index is 1.70. The lowest BCUT2D eigenvalue weighted by Crippen LogP contribution is -2.39. The van der Waals surface area contributed by atoms with E-state index in [1.54, 1.807) is 6.20 Å². The zero-order chi connectivity index (χ0) is 13.1. The van der Waals surface area contributed by atoms with Crippen LogP contribution in [0.15, 0.2) is 36.5 Å². The van der Waals surface area contributed by atoms with Gasteiger partial charge in [-0.05, 0) is 25.0 Å². The summed E-state index contributed by atoms with van der Waals surface area (Å²) in [7, 11) is 0. The van der Waals surface area contributed by atoms with Crippen molar-refractivity contribution in [3.05, 3.63) is 36.5 Å². The van der Waals surface area contributed by atoms with Crippen molar-refractivity contribution in [1.29, 1.82) is 0 Å². The zero-order valence-corrected chi connectivity index (χ0v) is 10.7. The second-order valence-electron chi connectivity index (χ2n) is 4.96. The van der Waals surface area contributed by atoms with Crippen molar-refractivity contribution in [1.82, 2.24) is 10.3 Å². The number of aliphatic hydroxyl groups is 1. The van der Waals surface area contributed by atoms with Crippen molar-refractivity contribution < 1.29 is 9.84 Å². The molecule has 4 heteroatoms. The Morgan fingerprint density at radius 1 is 1.32 bits per heavy atom. The van der Waals surface area contributed by atoms with Crippen molar-refractivity contribution in [2.24, 2.45) is 0 Å². The summed E-state index contributed by atoms with van der Waals surface area (Å²) >= 11 is 0. The van der Waals surface area contributed by atoms with E-state index in [4.69, 9.17) is 4.74 Å². The summed E-state index contributed by atoms with van der Waals surface area (Å²) in [5, 5.41) is 13.8. The van der Waals surface area contributed by atoms with Crippen LogP contribution in [0, 0.1) is 0 Å². The molecule has 2 N–H and O–H groups in total. The average molecular weight is 258 g/mol. The Bertz CT molecular complexity index is 549. The van der Waals surface area contributed by atoms with Crippen LogP contribution in [0.3, 0.4) is 0 Å². The lowest BCUT2D eigenvalue weighted by atomic mass is 10.2. The smallest absolute Gasteiger partial charge is 0.145 e. The van der Waals surface area contributed by atoms with Gasteiger partial charge in [0.05, 0.1) is 12.6 Å². The van der Waals surface area contributed by atoms with Gasteiger partial charge in [0.15, 0.2) is 0 Å². The molecule has 1 unspecified atom stereocenters. The number of hydrogen-bond donors (Lipinski definition) is 2. The van der Waals surface area contributed by atoms with Crippen LogP contribution >= 0.6 is 0 Å². The minimum atomic E-state index is -0.00790. The molecule has 19 heavy (non-hydrogen) atoms. The van der Waals surface area contributed by atoms with Crippen molar-refractivity contribution >= 4 is 10.9 Å². The van der Waals surface area contributed by atoms with Crippen LogP contribution in [0.1, 0.15) is 12.8 Å². The molecule has 1 fully saturated rings. The monoisotopic (exact) mass is 258 g/mol. The van der Waals surface area contributed by atoms with Gasteiger partial charge < -0.3 is 15.2 Å². The Morgan fingerprint density at radius 2 is 2.16 bits per heavy atom. The van der Waals surface area contributed by atoms with Crippen molar-refractivity contribution in [2.45, 2.75) is 24.9 Å². The fourth-order valence-corrected chi connectivity index (χ4v) is 2.12. The van der Waals surface area contributed by atoms with Gasteiger partial charge in [-0.2, -0.15) is 0 Å². The van der Waals surface area contributed by atoms with Gasteiger partial charge in [-0.25, -0.2) is 0 Å². The Labute approximate surface area is 112 Å². The second kappa shape index (κ2) is 5.55. The zero-order valence-electron chi connectivity index (χ0n) is 10.7. The van der Waals surface area contributed by atoms with Gasteiger partial charge in [0.1, 0.15) is 17.9 Å². The lowest BCUT2D eigenvalue weighted by Gasteiger charge is -2.17. The number of nitrogens with zero attached hydrogens (tertiary/aromatic N) is 1. The molecule has 1 aliphatic carbocycles. The number of hydrogen-bond acceptors (Lipinski definition) is 4. The molecule has 1 atom stereocenters. The molecule has 1 heterocycles. The van der Waals surface area contributed by atoms with Crippen molar-refractivity contribution in [3.8, 4) is 5.75 Å². The summed E-state index contributed by atoms with van der Waals surface area (Å²) in [5.74, 6) is 0.772. The van der Waals surface area contributed by atoms with Gasteiger partial charge in [-0.1, -0.05) is 18.2 Å². The number of pyridine rings is 1. The molecule has 1 aliphatic rings. The predicted octanol–water partition coefficient (Wildman–Crippen LogP) is 1.73. The molecule has 0 saturated heterocycles. The molecular weight excluding hydrogens is 240 g/mol. The van der Waals surface area contributed by atoms with Crippen molar-refractivity contribution in [2.75, 3.05) is 13.2 Å². The van der Waals surface area contributed by atoms with E-state index in [2.05, 4.69) is 10.3 Å². The number of ether oxygens (including phenoxy) is 1. The van der Waals surface area contributed by atoms with Gasteiger partial charge in [0.2, 0.25) is 0 Å². The second-order valence-corrected chi connectivity index (χ2v) is 4.96. The fourth-order valence-electron chi connectivity index (χ4n) is 2.12. The average Bonchev–Trinajstić information content (AvgIpc) is 3.27. The third-order valence-corrected chi connectivity index (χ3v) is 3.30. The summed E-state index contributed by atoms with van der Waals surface area (Å²) in [5.41, 5.74) is 0.869. The summed E-state index contributed by atoms with van der Waals surface area (Å²) in [6.07, 6.45) is 4.17. The predicted molar refractivity (Wildman–Crippen MR) is 74.3 cm³/mol. The van der Waals surface area contributed by atoms with E-state index in [1.165, 1.54) is 12.8 Å². The van der Waals surface area contributed by atoms with Crippen LogP contribution in [0.5, 0.6) is 5.75 Å². The first-order valence-corrected chi connectivity index (χ1v) is 6.70. The van der Waals surface area contributed by atoms with Crippen LogP contribution < -0.4 is 10.1 Å². The highest BCUT2D eigenvalue weighted by atomic mass is 16.5. The molecule has 1 aromatic heterocycles. The normalized spacial score (nSPS) is 16.5. The molecule has 0 radical (unpaired) electrons. The highest BCUT2D eigenvalue weighted by Crippen LogP contribution is 2.23. The van der Waals surface area contributed by atoms with Crippen LogP contribution in [-0.4, -0.2) is 35.4 Å². The largest absolute Gasteiger partial charge is 0.490 e.